The molecule has 2 aromatic carbocycles. The lowest BCUT2D eigenvalue weighted by Gasteiger charge is -2.06. The molecule has 0 atom stereocenters. The van der Waals surface area contributed by atoms with Gasteiger partial charge in [0, 0.05) is 46.0 Å². The van der Waals surface area contributed by atoms with Gasteiger partial charge in [0.05, 0.1) is 11.1 Å². The number of rotatable bonds is 0. The highest BCUT2D eigenvalue weighted by Crippen LogP contribution is 2.38. The molecular weight excluding hydrogens is 262 g/mol. The molecule has 4 aromatic rings. The number of pyridine rings is 1. The summed E-state index contributed by atoms with van der Waals surface area (Å²) in [5.74, 6) is 0.00510. The van der Waals surface area contributed by atoms with Crippen molar-refractivity contribution >= 4 is 38.5 Å². The van der Waals surface area contributed by atoms with Crippen LogP contribution in [0.3, 0.4) is 0 Å². The number of aromatic nitrogens is 2. The van der Waals surface area contributed by atoms with Gasteiger partial charge in [0.1, 0.15) is 0 Å². The maximum Gasteiger partial charge on any atom is 0.252 e. The summed E-state index contributed by atoms with van der Waals surface area (Å²) in [6.07, 6.45) is 3.64. The van der Waals surface area contributed by atoms with Crippen molar-refractivity contribution in [2.75, 3.05) is 0 Å². The zero-order chi connectivity index (χ0) is 14.0. The third-order valence-electron chi connectivity index (χ3n) is 4.33. The molecule has 3 heterocycles. The van der Waals surface area contributed by atoms with E-state index in [9.17, 15) is 4.79 Å². The lowest BCUT2D eigenvalue weighted by Crippen LogP contribution is -2.12. The summed E-state index contributed by atoms with van der Waals surface area (Å²) in [5.41, 5.74) is 3.92. The average molecular weight is 273 g/mol. The van der Waals surface area contributed by atoms with E-state index in [0.29, 0.717) is 6.54 Å². The standard InChI is InChI=1S/C17H11N3O/c21-17-15-12(8-19-17)11-7-18-6-5-9(11)16-14(15)10-3-1-2-4-13(10)20-16/h1-7,20H,8H2,(H,19,21). The smallest absolute Gasteiger partial charge is 0.252 e. The molecular formula is C17H11N3O. The fraction of sp³-hybridized carbons (Fsp3) is 0.0588. The molecule has 0 unspecified atom stereocenters. The lowest BCUT2D eigenvalue weighted by molar-refractivity contribution is 0.0967. The highest BCUT2D eigenvalue weighted by atomic mass is 16.1. The van der Waals surface area contributed by atoms with Crippen LogP contribution in [-0.4, -0.2) is 15.9 Å². The van der Waals surface area contributed by atoms with Crippen molar-refractivity contribution in [1.29, 1.82) is 0 Å². The van der Waals surface area contributed by atoms with E-state index in [-0.39, 0.29) is 5.91 Å². The van der Waals surface area contributed by atoms with Crippen molar-refractivity contribution in [3.63, 3.8) is 0 Å². The van der Waals surface area contributed by atoms with Crippen molar-refractivity contribution in [2.45, 2.75) is 6.54 Å². The van der Waals surface area contributed by atoms with Gasteiger partial charge in [-0.05, 0) is 17.7 Å². The van der Waals surface area contributed by atoms with Crippen molar-refractivity contribution in [3.8, 4) is 0 Å². The van der Waals surface area contributed by atoms with E-state index in [2.05, 4.69) is 21.4 Å². The topological polar surface area (TPSA) is 57.8 Å². The van der Waals surface area contributed by atoms with E-state index in [4.69, 9.17) is 0 Å². The minimum absolute atomic E-state index is 0.00510. The SMILES string of the molecule is O=C1NCc2c1c1c3ccccc3[nH]c1c1ccncc21. The summed E-state index contributed by atoms with van der Waals surface area (Å²) in [7, 11) is 0. The molecule has 0 radical (unpaired) electrons. The molecule has 2 N–H and O–H groups in total. The number of carbonyl (C=O) groups excluding carboxylic acids is 1. The molecule has 0 aliphatic carbocycles. The van der Waals surface area contributed by atoms with Crippen molar-refractivity contribution in [1.82, 2.24) is 15.3 Å². The molecule has 1 amide bonds. The van der Waals surface area contributed by atoms with Gasteiger partial charge in [-0.2, -0.15) is 0 Å². The summed E-state index contributed by atoms with van der Waals surface area (Å²) < 4.78 is 0. The number of para-hydroxylation sites is 1. The molecule has 4 heteroatoms. The van der Waals surface area contributed by atoms with Crippen LogP contribution in [0, 0.1) is 0 Å². The fourth-order valence-corrected chi connectivity index (χ4v) is 3.43. The second-order valence-electron chi connectivity index (χ2n) is 5.38. The van der Waals surface area contributed by atoms with Gasteiger partial charge in [-0.1, -0.05) is 18.2 Å². The van der Waals surface area contributed by atoms with Gasteiger partial charge < -0.3 is 10.3 Å². The highest BCUT2D eigenvalue weighted by Gasteiger charge is 2.27. The van der Waals surface area contributed by atoms with E-state index < -0.39 is 0 Å². The van der Waals surface area contributed by atoms with Gasteiger partial charge in [-0.3, -0.25) is 9.78 Å². The molecule has 0 fully saturated rings. The average Bonchev–Trinajstić information content (AvgIpc) is 3.08. The van der Waals surface area contributed by atoms with Gasteiger partial charge in [0.2, 0.25) is 0 Å². The first-order chi connectivity index (χ1) is 10.3. The predicted molar refractivity (Wildman–Crippen MR) is 82.3 cm³/mol. The van der Waals surface area contributed by atoms with E-state index >= 15 is 0 Å². The third kappa shape index (κ3) is 1.24. The molecule has 0 saturated carbocycles. The largest absolute Gasteiger partial charge is 0.354 e. The molecule has 0 bridgehead atoms. The van der Waals surface area contributed by atoms with Crippen LogP contribution in [0.5, 0.6) is 0 Å². The quantitative estimate of drug-likeness (QED) is 0.517. The Morgan fingerprint density at radius 2 is 1.95 bits per heavy atom. The van der Waals surface area contributed by atoms with Gasteiger partial charge in [0.15, 0.2) is 0 Å². The number of aromatic amines is 1. The number of hydrogen-bond donors (Lipinski definition) is 2. The first-order valence-corrected chi connectivity index (χ1v) is 6.92. The Kier molecular flexibility index (Phi) is 1.86. The summed E-state index contributed by atoms with van der Waals surface area (Å²) in [6.45, 7) is 0.575. The van der Waals surface area contributed by atoms with Crippen LogP contribution in [0.4, 0.5) is 0 Å². The van der Waals surface area contributed by atoms with Gasteiger partial charge >= 0.3 is 0 Å². The van der Waals surface area contributed by atoms with Crippen LogP contribution in [0.2, 0.25) is 0 Å². The van der Waals surface area contributed by atoms with Gasteiger partial charge in [-0.25, -0.2) is 0 Å². The summed E-state index contributed by atoms with van der Waals surface area (Å²) in [4.78, 5) is 20.0. The zero-order valence-electron chi connectivity index (χ0n) is 11.1. The van der Waals surface area contributed by atoms with E-state index in [1.165, 1.54) is 0 Å². The molecule has 1 aliphatic rings. The predicted octanol–water partition coefficient (Wildman–Crippen LogP) is 3.11. The maximum atomic E-state index is 12.3. The number of hydrogen-bond acceptors (Lipinski definition) is 2. The Bertz CT molecular complexity index is 1060. The molecule has 21 heavy (non-hydrogen) atoms. The van der Waals surface area contributed by atoms with Crippen LogP contribution < -0.4 is 5.32 Å². The third-order valence-corrected chi connectivity index (χ3v) is 4.33. The normalized spacial score (nSPS) is 14.0. The molecule has 2 aromatic heterocycles. The van der Waals surface area contributed by atoms with Crippen molar-refractivity contribution in [3.05, 3.63) is 53.9 Å². The van der Waals surface area contributed by atoms with Crippen molar-refractivity contribution in [2.24, 2.45) is 0 Å². The number of benzene rings is 2. The monoisotopic (exact) mass is 273 g/mol. The molecule has 100 valence electrons. The zero-order valence-corrected chi connectivity index (χ0v) is 11.1. The van der Waals surface area contributed by atoms with Crippen LogP contribution >= 0.6 is 0 Å². The number of carbonyl (C=O) groups is 1. The van der Waals surface area contributed by atoms with E-state index in [1.54, 1.807) is 6.20 Å². The molecule has 0 saturated heterocycles. The van der Waals surface area contributed by atoms with Crippen LogP contribution in [0.1, 0.15) is 15.9 Å². The highest BCUT2D eigenvalue weighted by molar-refractivity contribution is 6.26. The lowest BCUT2D eigenvalue weighted by atomic mass is 9.96. The minimum atomic E-state index is 0.00510. The van der Waals surface area contributed by atoms with Crippen LogP contribution in [0.25, 0.3) is 32.6 Å². The number of fused-ring (bicyclic) bond motifs is 8. The first kappa shape index (κ1) is 10.9. The maximum absolute atomic E-state index is 12.3. The van der Waals surface area contributed by atoms with E-state index in [1.807, 2.05) is 30.5 Å². The van der Waals surface area contributed by atoms with Crippen LogP contribution in [-0.2, 0) is 6.54 Å². The molecule has 5 rings (SSSR count). The summed E-state index contributed by atoms with van der Waals surface area (Å²) >= 11 is 0. The molecule has 0 spiro atoms. The minimum Gasteiger partial charge on any atom is -0.354 e. The van der Waals surface area contributed by atoms with Crippen LogP contribution in [0.15, 0.2) is 42.7 Å². The Balaban J connectivity index is 2.18. The Morgan fingerprint density at radius 1 is 1.05 bits per heavy atom. The Hall–Kier alpha value is -2.88. The van der Waals surface area contributed by atoms with Gasteiger partial charge in [-0.15, -0.1) is 0 Å². The van der Waals surface area contributed by atoms with E-state index in [0.717, 1.165) is 43.7 Å². The second-order valence-corrected chi connectivity index (χ2v) is 5.38. The fourth-order valence-electron chi connectivity index (χ4n) is 3.43. The van der Waals surface area contributed by atoms with Gasteiger partial charge in [0.25, 0.3) is 5.91 Å². The summed E-state index contributed by atoms with van der Waals surface area (Å²) in [5, 5.41) is 7.23. The summed E-state index contributed by atoms with van der Waals surface area (Å²) in [6, 6.07) is 10.1. The second kappa shape index (κ2) is 3.61. The Morgan fingerprint density at radius 3 is 2.90 bits per heavy atom. The molecule has 1 aliphatic heterocycles. The molecule has 4 nitrogen and oxygen atoms in total. The number of nitrogens with zero attached hydrogens (tertiary/aromatic N) is 1. The number of amides is 1. The van der Waals surface area contributed by atoms with Crippen molar-refractivity contribution < 1.29 is 4.79 Å². The first-order valence-electron chi connectivity index (χ1n) is 6.92. The Labute approximate surface area is 119 Å². The number of H-pyrrole nitrogens is 1. The number of nitrogens with one attached hydrogen (secondary N) is 2.